The highest BCUT2D eigenvalue weighted by Gasteiger charge is 2.34. The summed E-state index contributed by atoms with van der Waals surface area (Å²) in [6.07, 6.45) is 5.42. The van der Waals surface area contributed by atoms with E-state index in [1.165, 1.54) is 0 Å². The summed E-state index contributed by atoms with van der Waals surface area (Å²) in [7, 11) is 2.05. The molecule has 0 aromatic carbocycles. The maximum atomic E-state index is 4.48. The second-order valence-corrected chi connectivity index (χ2v) is 4.49. The highest BCUT2D eigenvalue weighted by atomic mass is 15.4. The van der Waals surface area contributed by atoms with Crippen LogP contribution in [0.15, 0.2) is 30.9 Å². The van der Waals surface area contributed by atoms with E-state index in [1.807, 2.05) is 25.5 Å². The molecule has 0 bridgehead atoms. The van der Waals surface area contributed by atoms with E-state index in [4.69, 9.17) is 0 Å². The van der Waals surface area contributed by atoms with Gasteiger partial charge in [-0.3, -0.25) is 4.90 Å². The van der Waals surface area contributed by atoms with E-state index < -0.39 is 0 Å². The molecule has 1 atom stereocenters. The number of fused-ring (bicyclic) bond motifs is 1. The van der Waals surface area contributed by atoms with Crippen LogP contribution in [0.5, 0.6) is 0 Å². The molecule has 5 nitrogen and oxygen atoms in total. The van der Waals surface area contributed by atoms with Crippen molar-refractivity contribution in [1.29, 1.82) is 0 Å². The van der Waals surface area contributed by atoms with Crippen LogP contribution in [0.2, 0.25) is 0 Å². The minimum atomic E-state index is 0.185. The van der Waals surface area contributed by atoms with Gasteiger partial charge in [-0.05, 0) is 25.5 Å². The molecule has 2 aromatic rings. The Morgan fingerprint density at radius 3 is 2.83 bits per heavy atom. The van der Waals surface area contributed by atoms with Crippen LogP contribution in [-0.4, -0.2) is 28.2 Å². The SMILES string of the molecule is Cc1cccnc1N1c2ncncc2N(C)C1C. The lowest BCUT2D eigenvalue weighted by Crippen LogP contribution is -2.36. The molecule has 3 heterocycles. The van der Waals surface area contributed by atoms with Crippen molar-refractivity contribution < 1.29 is 0 Å². The first-order valence-electron chi connectivity index (χ1n) is 5.94. The van der Waals surface area contributed by atoms with Crippen molar-refractivity contribution in [2.45, 2.75) is 20.0 Å². The molecule has 0 aliphatic carbocycles. The largest absolute Gasteiger partial charge is 0.350 e. The highest BCUT2D eigenvalue weighted by Crippen LogP contribution is 2.40. The lowest BCUT2D eigenvalue weighted by molar-refractivity contribution is 0.722. The van der Waals surface area contributed by atoms with Gasteiger partial charge in [-0.25, -0.2) is 15.0 Å². The van der Waals surface area contributed by atoms with Crippen LogP contribution in [0.25, 0.3) is 0 Å². The highest BCUT2D eigenvalue weighted by molar-refractivity contribution is 5.79. The van der Waals surface area contributed by atoms with Gasteiger partial charge in [-0.15, -0.1) is 0 Å². The lowest BCUT2D eigenvalue weighted by atomic mass is 10.2. The van der Waals surface area contributed by atoms with Crippen LogP contribution in [0.1, 0.15) is 12.5 Å². The molecule has 18 heavy (non-hydrogen) atoms. The lowest BCUT2D eigenvalue weighted by Gasteiger charge is -2.26. The van der Waals surface area contributed by atoms with Gasteiger partial charge in [-0.2, -0.15) is 0 Å². The van der Waals surface area contributed by atoms with Crippen LogP contribution in [0.4, 0.5) is 17.3 Å². The van der Waals surface area contributed by atoms with E-state index in [0.29, 0.717) is 0 Å². The Morgan fingerprint density at radius 2 is 2.06 bits per heavy atom. The minimum Gasteiger partial charge on any atom is -0.350 e. The quantitative estimate of drug-likeness (QED) is 0.765. The number of hydrogen-bond acceptors (Lipinski definition) is 5. The zero-order valence-electron chi connectivity index (χ0n) is 10.7. The Hall–Kier alpha value is -2.17. The summed E-state index contributed by atoms with van der Waals surface area (Å²) in [4.78, 5) is 17.3. The number of pyridine rings is 1. The molecule has 0 amide bonds. The third-order valence-corrected chi connectivity index (χ3v) is 3.42. The zero-order valence-corrected chi connectivity index (χ0v) is 10.7. The predicted octanol–water partition coefficient (Wildman–Crippen LogP) is 2.11. The van der Waals surface area contributed by atoms with Crippen LogP contribution in [-0.2, 0) is 0 Å². The van der Waals surface area contributed by atoms with Crippen molar-refractivity contribution in [1.82, 2.24) is 15.0 Å². The summed E-state index contributed by atoms with van der Waals surface area (Å²) in [5.74, 6) is 1.87. The molecular weight excluding hydrogens is 226 g/mol. The Kier molecular flexibility index (Phi) is 2.40. The van der Waals surface area contributed by atoms with Gasteiger partial charge in [0, 0.05) is 13.2 Å². The van der Waals surface area contributed by atoms with Gasteiger partial charge >= 0.3 is 0 Å². The van der Waals surface area contributed by atoms with Gasteiger partial charge in [0.1, 0.15) is 24.0 Å². The fourth-order valence-corrected chi connectivity index (χ4v) is 2.31. The summed E-state index contributed by atoms with van der Waals surface area (Å²) in [6, 6.07) is 4.01. The minimum absolute atomic E-state index is 0.185. The molecule has 0 N–H and O–H groups in total. The van der Waals surface area contributed by atoms with E-state index in [2.05, 4.69) is 44.7 Å². The summed E-state index contributed by atoms with van der Waals surface area (Å²) in [6.45, 7) is 4.20. The molecule has 0 radical (unpaired) electrons. The van der Waals surface area contributed by atoms with Gasteiger partial charge in [-0.1, -0.05) is 6.07 Å². The van der Waals surface area contributed by atoms with E-state index in [9.17, 15) is 0 Å². The van der Waals surface area contributed by atoms with E-state index in [-0.39, 0.29) is 6.17 Å². The van der Waals surface area contributed by atoms with Crippen molar-refractivity contribution in [3.05, 3.63) is 36.4 Å². The molecule has 92 valence electrons. The molecule has 0 saturated heterocycles. The average molecular weight is 241 g/mol. The summed E-state index contributed by atoms with van der Waals surface area (Å²) >= 11 is 0. The van der Waals surface area contributed by atoms with Gasteiger partial charge in [0.05, 0.1) is 6.20 Å². The number of anilines is 3. The van der Waals surface area contributed by atoms with E-state index in [0.717, 1.165) is 22.9 Å². The number of hydrogen-bond donors (Lipinski definition) is 0. The smallest absolute Gasteiger partial charge is 0.163 e. The first-order chi connectivity index (χ1) is 8.70. The molecule has 0 spiro atoms. The Morgan fingerprint density at radius 1 is 1.22 bits per heavy atom. The number of aromatic nitrogens is 3. The average Bonchev–Trinajstić information content (AvgIpc) is 2.64. The topological polar surface area (TPSA) is 45.2 Å². The third kappa shape index (κ3) is 1.44. The van der Waals surface area contributed by atoms with Crippen molar-refractivity contribution in [3.63, 3.8) is 0 Å². The standard InChI is InChI=1S/C13H15N5/c1-9-5-4-6-15-12(9)18-10(2)17(3)11-7-14-8-16-13(11)18/h4-8,10H,1-3H3. The molecule has 2 aromatic heterocycles. The monoisotopic (exact) mass is 241 g/mol. The Balaban J connectivity index is 2.16. The fourth-order valence-electron chi connectivity index (χ4n) is 2.31. The molecule has 1 unspecified atom stereocenters. The summed E-state index contributed by atoms with van der Waals surface area (Å²) < 4.78 is 0. The second kappa shape index (κ2) is 3.94. The van der Waals surface area contributed by atoms with Gasteiger partial charge in [0.25, 0.3) is 0 Å². The summed E-state index contributed by atoms with van der Waals surface area (Å²) in [5.41, 5.74) is 2.18. The van der Waals surface area contributed by atoms with E-state index >= 15 is 0 Å². The Bertz CT molecular complexity index is 583. The molecule has 0 saturated carbocycles. The first kappa shape index (κ1) is 11.0. The van der Waals surface area contributed by atoms with Crippen molar-refractivity contribution in [3.8, 4) is 0 Å². The molecule has 0 fully saturated rings. The van der Waals surface area contributed by atoms with Crippen molar-refractivity contribution >= 4 is 17.3 Å². The fraction of sp³-hybridized carbons (Fsp3) is 0.308. The first-order valence-corrected chi connectivity index (χ1v) is 5.94. The molecule has 1 aliphatic rings. The van der Waals surface area contributed by atoms with Crippen molar-refractivity contribution in [2.75, 3.05) is 16.8 Å². The van der Waals surface area contributed by atoms with Crippen molar-refractivity contribution in [2.24, 2.45) is 0 Å². The van der Waals surface area contributed by atoms with Crippen LogP contribution >= 0.6 is 0 Å². The van der Waals surface area contributed by atoms with Crippen LogP contribution in [0.3, 0.4) is 0 Å². The normalized spacial score (nSPS) is 18.1. The predicted molar refractivity (Wildman–Crippen MR) is 71.0 cm³/mol. The van der Waals surface area contributed by atoms with E-state index in [1.54, 1.807) is 6.33 Å². The Labute approximate surface area is 106 Å². The third-order valence-electron chi connectivity index (χ3n) is 3.42. The van der Waals surface area contributed by atoms with Crippen LogP contribution in [0, 0.1) is 6.92 Å². The van der Waals surface area contributed by atoms with Gasteiger partial charge in [0.15, 0.2) is 5.82 Å². The maximum Gasteiger partial charge on any atom is 0.163 e. The number of rotatable bonds is 1. The maximum absolute atomic E-state index is 4.48. The van der Waals surface area contributed by atoms with Crippen LogP contribution < -0.4 is 9.80 Å². The summed E-state index contributed by atoms with van der Waals surface area (Å²) in [5, 5.41) is 0. The molecule has 1 aliphatic heterocycles. The van der Waals surface area contributed by atoms with Gasteiger partial charge < -0.3 is 4.90 Å². The zero-order chi connectivity index (χ0) is 12.7. The second-order valence-electron chi connectivity index (χ2n) is 4.49. The molecule has 5 heteroatoms. The van der Waals surface area contributed by atoms with Gasteiger partial charge in [0.2, 0.25) is 0 Å². The number of aryl methyl sites for hydroxylation is 1. The number of nitrogens with zero attached hydrogens (tertiary/aromatic N) is 5. The molecule has 3 rings (SSSR count). The molecular formula is C13H15N5.